The van der Waals surface area contributed by atoms with Crippen molar-refractivity contribution in [1.29, 1.82) is 0 Å². The SMILES string of the molecule is NC(=O)C(O)NCl. The number of primary amides is 1. The van der Waals surface area contributed by atoms with Crippen LogP contribution in [0.15, 0.2) is 0 Å². The molecule has 4 N–H and O–H groups in total. The minimum absolute atomic E-state index is 0.894. The van der Waals surface area contributed by atoms with Crippen molar-refractivity contribution in [2.45, 2.75) is 6.23 Å². The van der Waals surface area contributed by atoms with Crippen LogP contribution in [0.2, 0.25) is 0 Å². The van der Waals surface area contributed by atoms with Crippen LogP contribution in [0, 0.1) is 0 Å². The van der Waals surface area contributed by atoms with Gasteiger partial charge in [0.25, 0.3) is 5.91 Å². The third-order valence-corrected chi connectivity index (χ3v) is 0.580. The Hall–Kier alpha value is -0.320. The Morgan fingerprint density at radius 2 is 2.43 bits per heavy atom. The highest BCUT2D eigenvalue weighted by Gasteiger charge is 2.05. The number of carbonyl (C=O) groups excluding carboxylic acids is 1. The average molecular weight is 125 g/mol. The summed E-state index contributed by atoms with van der Waals surface area (Å²) < 4.78 is 0. The molecule has 5 heteroatoms. The summed E-state index contributed by atoms with van der Waals surface area (Å²) in [6.07, 6.45) is -1.44. The first kappa shape index (κ1) is 6.68. The van der Waals surface area contributed by atoms with Crippen LogP contribution in [0.5, 0.6) is 0 Å². The van der Waals surface area contributed by atoms with Gasteiger partial charge in [0.15, 0.2) is 6.23 Å². The van der Waals surface area contributed by atoms with Gasteiger partial charge in [-0.15, -0.1) is 0 Å². The van der Waals surface area contributed by atoms with E-state index >= 15 is 0 Å². The van der Waals surface area contributed by atoms with Crippen LogP contribution < -0.4 is 10.6 Å². The van der Waals surface area contributed by atoms with Crippen LogP contribution in [0.1, 0.15) is 0 Å². The van der Waals surface area contributed by atoms with Crippen LogP contribution in [0.4, 0.5) is 0 Å². The van der Waals surface area contributed by atoms with Gasteiger partial charge < -0.3 is 10.8 Å². The Balaban J connectivity index is 3.34. The van der Waals surface area contributed by atoms with Gasteiger partial charge in [0.2, 0.25) is 0 Å². The molecule has 1 amide bonds. The highest BCUT2D eigenvalue weighted by Crippen LogP contribution is 1.72. The number of nitrogens with two attached hydrogens (primary N) is 1. The van der Waals surface area contributed by atoms with Gasteiger partial charge in [0, 0.05) is 0 Å². The number of rotatable bonds is 2. The Bertz CT molecular complexity index is 76.1. The second kappa shape index (κ2) is 2.79. The van der Waals surface area contributed by atoms with E-state index < -0.39 is 12.1 Å². The molecule has 0 spiro atoms. The number of nitrogens with one attached hydrogen (secondary N) is 1. The first-order valence-electron chi connectivity index (χ1n) is 1.52. The van der Waals surface area contributed by atoms with Crippen molar-refractivity contribution in [2.24, 2.45) is 5.73 Å². The lowest BCUT2D eigenvalue weighted by Gasteiger charge is -1.97. The second-order valence-corrected chi connectivity index (χ2v) is 1.13. The van der Waals surface area contributed by atoms with Gasteiger partial charge >= 0.3 is 0 Å². The summed E-state index contributed by atoms with van der Waals surface area (Å²) >= 11 is 4.75. The van der Waals surface area contributed by atoms with E-state index in [0.29, 0.717) is 0 Å². The molecule has 4 nitrogen and oxygen atoms in total. The fourth-order valence-electron chi connectivity index (χ4n) is 0.0538. The molecule has 0 saturated heterocycles. The van der Waals surface area contributed by atoms with Crippen molar-refractivity contribution in [3.63, 3.8) is 0 Å². The van der Waals surface area contributed by atoms with Crippen molar-refractivity contribution < 1.29 is 9.90 Å². The molecule has 7 heavy (non-hydrogen) atoms. The molecule has 0 aliphatic rings. The van der Waals surface area contributed by atoms with Gasteiger partial charge in [0.1, 0.15) is 0 Å². The van der Waals surface area contributed by atoms with Crippen LogP contribution in [-0.4, -0.2) is 17.2 Å². The zero-order valence-electron chi connectivity index (χ0n) is 3.39. The maximum Gasteiger partial charge on any atom is 0.262 e. The number of hydrogen-bond acceptors (Lipinski definition) is 3. The standard InChI is InChI=1S/C2H5ClN2O2/c3-5-2(7)1(4)6/h2,5,7H,(H2,4,6). The van der Waals surface area contributed by atoms with Gasteiger partial charge in [-0.2, -0.15) is 4.84 Å². The third-order valence-electron chi connectivity index (χ3n) is 0.373. The molecule has 0 bridgehead atoms. The summed E-state index contributed by atoms with van der Waals surface area (Å²) in [6, 6.07) is 0. The van der Waals surface area contributed by atoms with E-state index in [1.165, 1.54) is 0 Å². The molecule has 0 aliphatic carbocycles. The van der Waals surface area contributed by atoms with E-state index in [1.54, 1.807) is 4.84 Å². The molecular weight excluding hydrogens is 119 g/mol. The van der Waals surface area contributed by atoms with Gasteiger partial charge in [-0.3, -0.25) is 4.79 Å². The molecule has 0 aromatic heterocycles. The minimum Gasteiger partial charge on any atom is -0.369 e. The van der Waals surface area contributed by atoms with E-state index in [0.717, 1.165) is 0 Å². The first-order valence-corrected chi connectivity index (χ1v) is 1.90. The number of amides is 1. The Morgan fingerprint density at radius 1 is 2.00 bits per heavy atom. The summed E-state index contributed by atoms with van der Waals surface area (Å²) in [6.45, 7) is 0. The number of hydrogen-bond donors (Lipinski definition) is 3. The quantitative estimate of drug-likeness (QED) is 0.311. The predicted octanol–water partition coefficient (Wildman–Crippen LogP) is -1.47. The Morgan fingerprint density at radius 3 is 2.43 bits per heavy atom. The second-order valence-electron chi connectivity index (χ2n) is 0.914. The molecule has 0 saturated carbocycles. The molecule has 0 fully saturated rings. The van der Waals surface area contributed by atoms with Crippen LogP contribution in [-0.2, 0) is 4.79 Å². The fourth-order valence-corrected chi connectivity index (χ4v) is 0.161. The molecule has 0 heterocycles. The monoisotopic (exact) mass is 124 g/mol. The Labute approximate surface area is 45.4 Å². The molecule has 0 radical (unpaired) electrons. The van der Waals surface area contributed by atoms with Crippen molar-refractivity contribution in [1.82, 2.24) is 4.84 Å². The maximum absolute atomic E-state index is 9.76. The fraction of sp³-hybridized carbons (Fsp3) is 0.500. The van der Waals surface area contributed by atoms with E-state index in [-0.39, 0.29) is 0 Å². The van der Waals surface area contributed by atoms with E-state index in [2.05, 4.69) is 5.73 Å². The lowest BCUT2D eigenvalue weighted by Crippen LogP contribution is -2.35. The summed E-state index contributed by atoms with van der Waals surface area (Å²) in [5.41, 5.74) is 4.51. The third kappa shape index (κ3) is 2.38. The zero-order chi connectivity index (χ0) is 5.86. The molecule has 0 rings (SSSR count). The molecular formula is C2H5ClN2O2. The minimum atomic E-state index is -1.44. The van der Waals surface area contributed by atoms with Crippen molar-refractivity contribution in [3.05, 3.63) is 0 Å². The normalized spacial score (nSPS) is 13.4. The van der Waals surface area contributed by atoms with Gasteiger partial charge in [-0.1, -0.05) is 0 Å². The van der Waals surface area contributed by atoms with Crippen molar-refractivity contribution in [2.75, 3.05) is 0 Å². The van der Waals surface area contributed by atoms with Gasteiger partial charge in [-0.25, -0.2) is 0 Å². The van der Waals surface area contributed by atoms with Crippen molar-refractivity contribution >= 4 is 17.7 Å². The van der Waals surface area contributed by atoms with Crippen LogP contribution >= 0.6 is 11.8 Å². The van der Waals surface area contributed by atoms with Gasteiger partial charge in [0.05, 0.1) is 0 Å². The summed E-state index contributed by atoms with van der Waals surface area (Å²) in [5, 5.41) is 8.22. The largest absolute Gasteiger partial charge is 0.369 e. The topological polar surface area (TPSA) is 75.4 Å². The lowest BCUT2D eigenvalue weighted by atomic mass is 10.6. The predicted molar refractivity (Wildman–Crippen MR) is 24.2 cm³/mol. The number of aliphatic hydroxyl groups is 1. The van der Waals surface area contributed by atoms with Crippen LogP contribution in [0.25, 0.3) is 0 Å². The lowest BCUT2D eigenvalue weighted by molar-refractivity contribution is -0.126. The summed E-state index contributed by atoms with van der Waals surface area (Å²) in [4.78, 5) is 11.5. The average Bonchev–Trinajstić information content (AvgIpc) is 1.65. The highest BCUT2D eigenvalue weighted by atomic mass is 35.5. The maximum atomic E-state index is 9.76. The van der Waals surface area contributed by atoms with Gasteiger partial charge in [-0.05, 0) is 11.8 Å². The number of aliphatic hydroxyl groups excluding tert-OH is 1. The summed E-state index contributed by atoms with van der Waals surface area (Å²) in [7, 11) is 0. The molecule has 42 valence electrons. The van der Waals surface area contributed by atoms with Crippen molar-refractivity contribution in [3.8, 4) is 0 Å². The number of halogens is 1. The molecule has 0 aromatic carbocycles. The smallest absolute Gasteiger partial charge is 0.262 e. The number of carbonyl (C=O) groups is 1. The van der Waals surface area contributed by atoms with E-state index in [1.807, 2.05) is 0 Å². The Kier molecular flexibility index (Phi) is 2.66. The van der Waals surface area contributed by atoms with E-state index in [9.17, 15) is 4.79 Å². The molecule has 0 aromatic rings. The first-order chi connectivity index (χ1) is 3.18. The van der Waals surface area contributed by atoms with Crippen LogP contribution in [0.3, 0.4) is 0 Å². The van der Waals surface area contributed by atoms with E-state index in [4.69, 9.17) is 16.9 Å². The molecule has 1 atom stereocenters. The molecule has 1 unspecified atom stereocenters. The highest BCUT2D eigenvalue weighted by molar-refractivity contribution is 6.14. The summed E-state index contributed by atoms with van der Waals surface area (Å²) in [5.74, 6) is -0.894. The molecule has 0 aliphatic heterocycles. The zero-order valence-corrected chi connectivity index (χ0v) is 4.14.